The first kappa shape index (κ1) is 20.2. The van der Waals surface area contributed by atoms with E-state index in [9.17, 15) is 14.2 Å². The van der Waals surface area contributed by atoms with Crippen LogP contribution in [0, 0.1) is 5.92 Å². The molecule has 0 amide bonds. The fourth-order valence-corrected chi connectivity index (χ4v) is 4.69. The number of nitrogens with zero attached hydrogens (tertiary/aromatic N) is 1. The molecular weight excluding hydrogens is 493 g/mol. The Hall–Kier alpha value is -1.49. The summed E-state index contributed by atoms with van der Waals surface area (Å²) in [4.78, 5) is 25.2. The molecule has 1 aromatic heterocycles. The van der Waals surface area contributed by atoms with E-state index < -0.39 is 35.2 Å². The maximum absolute atomic E-state index is 15.1. The minimum absolute atomic E-state index is 0.0782. The number of rotatable bonds is 6. The number of aromatic amines is 1. The molecule has 1 saturated heterocycles. The van der Waals surface area contributed by atoms with E-state index in [0.717, 1.165) is 10.6 Å². The van der Waals surface area contributed by atoms with E-state index in [1.165, 1.54) is 28.2 Å². The van der Waals surface area contributed by atoms with Gasteiger partial charge in [0.2, 0.25) is 5.85 Å². The van der Waals surface area contributed by atoms with E-state index in [-0.39, 0.29) is 12.3 Å². The van der Waals surface area contributed by atoms with Gasteiger partial charge in [0.25, 0.3) is 5.56 Å². The molecule has 1 aromatic carbocycles. The predicted molar refractivity (Wildman–Crippen MR) is 104 cm³/mol. The van der Waals surface area contributed by atoms with Crippen LogP contribution in [0.1, 0.15) is 19.6 Å². The molecule has 1 aliphatic rings. The number of aromatic nitrogens is 2. The topological polar surface area (TPSA) is 99.6 Å². The van der Waals surface area contributed by atoms with Gasteiger partial charge < -0.3 is 9.26 Å². The third kappa shape index (κ3) is 5.07. The van der Waals surface area contributed by atoms with Gasteiger partial charge in [-0.3, -0.25) is 18.9 Å². The van der Waals surface area contributed by atoms with Crippen LogP contribution in [0.15, 0.2) is 52.2 Å². The minimum atomic E-state index is -3.60. The van der Waals surface area contributed by atoms with Crippen LogP contribution >= 0.6 is 27.3 Å². The first-order chi connectivity index (χ1) is 12.7. The zero-order valence-electron chi connectivity index (χ0n) is 14.2. The third-order valence-corrected chi connectivity index (χ3v) is 6.26. The lowest BCUT2D eigenvalue weighted by Crippen LogP contribution is -2.34. The second-order valence-corrected chi connectivity index (χ2v) is 11.0. The van der Waals surface area contributed by atoms with Crippen molar-refractivity contribution in [2.75, 3.05) is 6.61 Å². The van der Waals surface area contributed by atoms with Crippen LogP contribution in [0.25, 0.3) is 0 Å². The Morgan fingerprint density at radius 3 is 2.74 bits per heavy atom. The molecule has 0 bridgehead atoms. The SMILES string of the molecule is C[C@H]1C[C@@](F)(COP(=O)(I)Oc2ccccc2)O[C@H]1n1ccc(=O)[nH]c1=O. The maximum Gasteiger partial charge on any atom is 0.438 e. The van der Waals surface area contributed by atoms with E-state index in [0.29, 0.717) is 5.75 Å². The standard InChI is InChI=1S/C16H17FIN2O6P/c1-11-9-16(17,25-14(11)20-8-7-13(21)19-15(20)22)10-24-27(18,23)26-12-5-3-2-4-6-12/h2-8,11,14H,9-10H2,1H3,(H,19,21,22)/t11-,14+,16-,27?/m0/s1. The molecular formula is C16H17FIN2O6P. The van der Waals surface area contributed by atoms with Crippen LogP contribution in [0.5, 0.6) is 5.75 Å². The molecule has 1 aliphatic heterocycles. The van der Waals surface area contributed by atoms with Crippen LogP contribution in [0.2, 0.25) is 0 Å². The van der Waals surface area contributed by atoms with Crippen molar-refractivity contribution in [2.45, 2.75) is 25.4 Å². The van der Waals surface area contributed by atoms with E-state index in [2.05, 4.69) is 4.98 Å². The summed E-state index contributed by atoms with van der Waals surface area (Å²) in [6.45, 7) is 1.08. The van der Waals surface area contributed by atoms with Gasteiger partial charge in [-0.15, -0.1) is 0 Å². The van der Waals surface area contributed by atoms with Crippen molar-refractivity contribution >= 4 is 27.3 Å². The molecule has 4 atom stereocenters. The van der Waals surface area contributed by atoms with E-state index in [1.54, 1.807) is 37.3 Å². The first-order valence-electron chi connectivity index (χ1n) is 8.05. The van der Waals surface area contributed by atoms with Crippen LogP contribution < -0.4 is 15.8 Å². The number of ether oxygens (including phenoxy) is 1. The zero-order valence-corrected chi connectivity index (χ0v) is 17.3. The van der Waals surface area contributed by atoms with Crippen LogP contribution in [-0.4, -0.2) is 22.0 Å². The van der Waals surface area contributed by atoms with Gasteiger partial charge in [0.15, 0.2) is 0 Å². The van der Waals surface area contributed by atoms with Crippen LogP contribution in [-0.2, 0) is 13.8 Å². The smallest absolute Gasteiger partial charge is 0.418 e. The predicted octanol–water partition coefficient (Wildman–Crippen LogP) is 3.40. The first-order valence-corrected chi connectivity index (χ1v) is 12.4. The average molecular weight is 510 g/mol. The van der Waals surface area contributed by atoms with Crippen molar-refractivity contribution in [1.82, 2.24) is 9.55 Å². The van der Waals surface area contributed by atoms with Gasteiger partial charge in [0.05, 0.1) is 22.0 Å². The molecule has 2 heterocycles. The average Bonchev–Trinajstić information content (AvgIpc) is 2.89. The molecule has 0 spiro atoms. The summed E-state index contributed by atoms with van der Waals surface area (Å²) in [5.74, 6) is -2.30. The summed E-state index contributed by atoms with van der Waals surface area (Å²) in [5.41, 5.74) is -1.25. The van der Waals surface area contributed by atoms with Crippen molar-refractivity contribution in [2.24, 2.45) is 5.92 Å². The fraction of sp³-hybridized carbons (Fsp3) is 0.375. The number of alkyl halides is 1. The summed E-state index contributed by atoms with van der Waals surface area (Å²) in [5, 5.41) is -3.60. The van der Waals surface area contributed by atoms with Gasteiger partial charge in [0.1, 0.15) is 18.6 Å². The van der Waals surface area contributed by atoms with Gasteiger partial charge in [0, 0.05) is 24.6 Å². The minimum Gasteiger partial charge on any atom is -0.418 e. The van der Waals surface area contributed by atoms with Crippen molar-refractivity contribution in [3.8, 4) is 5.75 Å². The Balaban J connectivity index is 1.67. The maximum atomic E-state index is 15.1. The van der Waals surface area contributed by atoms with Crippen LogP contribution in [0.3, 0.4) is 0 Å². The summed E-state index contributed by atoms with van der Waals surface area (Å²) >= 11 is 1.50. The molecule has 1 unspecified atom stereocenters. The molecule has 0 aliphatic carbocycles. The zero-order chi connectivity index (χ0) is 19.7. The van der Waals surface area contributed by atoms with Crippen molar-refractivity contribution in [1.29, 1.82) is 0 Å². The van der Waals surface area contributed by atoms with E-state index >= 15 is 4.39 Å². The molecule has 0 radical (unpaired) electrons. The monoisotopic (exact) mass is 510 g/mol. The molecule has 2 aromatic rings. The molecule has 1 N–H and O–H groups in total. The van der Waals surface area contributed by atoms with Crippen molar-refractivity contribution in [3.05, 3.63) is 63.4 Å². The van der Waals surface area contributed by atoms with Crippen molar-refractivity contribution < 1.29 is 22.7 Å². The number of hydrogen-bond donors (Lipinski definition) is 1. The second kappa shape index (κ2) is 7.86. The van der Waals surface area contributed by atoms with E-state index in [4.69, 9.17) is 13.8 Å². The van der Waals surface area contributed by atoms with Crippen molar-refractivity contribution in [3.63, 3.8) is 0 Å². The van der Waals surface area contributed by atoms with Gasteiger partial charge in [-0.05, 0) is 12.1 Å². The number of halogens is 2. The largest absolute Gasteiger partial charge is 0.438 e. The summed E-state index contributed by atoms with van der Waals surface area (Å²) in [6.07, 6.45) is 0.244. The highest BCUT2D eigenvalue weighted by molar-refractivity contribution is 14.2. The molecule has 27 heavy (non-hydrogen) atoms. The Morgan fingerprint density at radius 1 is 1.37 bits per heavy atom. The number of H-pyrrole nitrogens is 1. The normalized spacial score (nSPS) is 27.2. The summed E-state index contributed by atoms with van der Waals surface area (Å²) in [6, 6.07) is 9.54. The quantitative estimate of drug-likeness (QED) is 0.473. The van der Waals surface area contributed by atoms with Gasteiger partial charge in [-0.25, -0.2) is 13.8 Å². The molecule has 1 fully saturated rings. The molecule has 146 valence electrons. The highest BCUT2D eigenvalue weighted by atomic mass is 127. The Bertz CT molecular complexity index is 967. The lowest BCUT2D eigenvalue weighted by atomic mass is 10.1. The Kier molecular flexibility index (Phi) is 5.90. The lowest BCUT2D eigenvalue weighted by Gasteiger charge is -2.22. The van der Waals surface area contributed by atoms with Gasteiger partial charge in [-0.2, -0.15) is 0 Å². The van der Waals surface area contributed by atoms with Gasteiger partial charge >= 0.3 is 10.9 Å². The number of para-hydroxylation sites is 1. The Labute approximate surface area is 166 Å². The summed E-state index contributed by atoms with van der Waals surface area (Å²) < 4.78 is 44.4. The molecule has 0 saturated carbocycles. The molecule has 11 heteroatoms. The van der Waals surface area contributed by atoms with Gasteiger partial charge in [-0.1, -0.05) is 25.1 Å². The second-order valence-electron chi connectivity index (χ2n) is 6.20. The number of hydrogen-bond acceptors (Lipinski definition) is 6. The third-order valence-electron chi connectivity index (χ3n) is 3.96. The van der Waals surface area contributed by atoms with Crippen LogP contribution in [0.4, 0.5) is 4.39 Å². The fourth-order valence-electron chi connectivity index (χ4n) is 2.82. The molecule has 3 rings (SSSR count). The number of benzene rings is 1. The Morgan fingerprint density at radius 2 is 2.07 bits per heavy atom. The van der Waals surface area contributed by atoms with E-state index in [1.807, 2.05) is 0 Å². The summed E-state index contributed by atoms with van der Waals surface area (Å²) in [7, 11) is 0. The lowest BCUT2D eigenvalue weighted by molar-refractivity contribution is -0.174. The highest BCUT2D eigenvalue weighted by Gasteiger charge is 2.48. The molecule has 8 nitrogen and oxygen atoms in total. The highest BCUT2D eigenvalue weighted by Crippen LogP contribution is 2.57. The number of nitrogens with one attached hydrogen (secondary N) is 1.